The van der Waals surface area contributed by atoms with Crippen molar-refractivity contribution in [2.24, 2.45) is 0 Å². The third-order valence-corrected chi connectivity index (χ3v) is 6.62. The summed E-state index contributed by atoms with van der Waals surface area (Å²) in [5.41, 5.74) is 5.70. The van der Waals surface area contributed by atoms with Gasteiger partial charge in [-0.1, -0.05) is 61.5 Å². The van der Waals surface area contributed by atoms with E-state index in [0.29, 0.717) is 10.6 Å². The Kier molecular flexibility index (Phi) is 6.39. The third kappa shape index (κ3) is 4.35. The molecule has 156 valence electrons. The standard InChI is InChI=1S/C26H25N3OS/c1-3-8-22-16-15-21(17-27)25(28-22)31-18(2)26(30)29-23-11-6-4-9-19(23)13-14-20-10-5-7-12-24(20)29/h4-7,9-12,15-16,18H,3,8,13-14H2,1-2H3. The minimum Gasteiger partial charge on any atom is -0.280 e. The highest BCUT2D eigenvalue weighted by atomic mass is 32.2. The average molecular weight is 428 g/mol. The molecule has 1 aliphatic rings. The quantitative estimate of drug-likeness (QED) is 0.479. The number of aromatic nitrogens is 1. The Balaban J connectivity index is 1.70. The molecule has 0 radical (unpaired) electrons. The van der Waals surface area contributed by atoms with Gasteiger partial charge in [0.1, 0.15) is 11.1 Å². The molecule has 0 bridgehead atoms. The maximum Gasteiger partial charge on any atom is 0.244 e. The second-order valence-electron chi connectivity index (χ2n) is 7.71. The van der Waals surface area contributed by atoms with Crippen LogP contribution in [-0.4, -0.2) is 16.1 Å². The van der Waals surface area contributed by atoms with Crippen LogP contribution in [0.2, 0.25) is 0 Å². The van der Waals surface area contributed by atoms with Crippen LogP contribution in [0.3, 0.4) is 0 Å². The number of hydrogen-bond donors (Lipinski definition) is 0. The summed E-state index contributed by atoms with van der Waals surface area (Å²) >= 11 is 1.37. The van der Waals surface area contributed by atoms with E-state index in [-0.39, 0.29) is 5.91 Å². The number of thioether (sulfide) groups is 1. The largest absolute Gasteiger partial charge is 0.280 e. The number of amides is 1. The number of nitrogens with zero attached hydrogens (tertiary/aromatic N) is 3. The third-order valence-electron chi connectivity index (χ3n) is 5.53. The van der Waals surface area contributed by atoms with Gasteiger partial charge < -0.3 is 0 Å². The molecule has 4 rings (SSSR count). The topological polar surface area (TPSA) is 57.0 Å². The average Bonchev–Trinajstić information content (AvgIpc) is 2.96. The van der Waals surface area contributed by atoms with Crippen molar-refractivity contribution in [2.75, 3.05) is 4.90 Å². The molecule has 2 aromatic carbocycles. The Hall–Kier alpha value is -3.10. The molecule has 0 saturated heterocycles. The van der Waals surface area contributed by atoms with Crippen LogP contribution in [0, 0.1) is 11.3 Å². The van der Waals surface area contributed by atoms with Crippen LogP contribution >= 0.6 is 11.8 Å². The van der Waals surface area contributed by atoms with Gasteiger partial charge in [-0.05, 0) is 61.6 Å². The summed E-state index contributed by atoms with van der Waals surface area (Å²) in [7, 11) is 0. The fourth-order valence-corrected chi connectivity index (χ4v) is 4.92. The van der Waals surface area contributed by atoms with Gasteiger partial charge >= 0.3 is 0 Å². The summed E-state index contributed by atoms with van der Waals surface area (Å²) in [5.74, 6) is -0.00150. The predicted octanol–water partition coefficient (Wildman–Crippen LogP) is 5.85. The van der Waals surface area contributed by atoms with E-state index in [0.717, 1.165) is 42.8 Å². The molecule has 1 aromatic heterocycles. The molecule has 0 fully saturated rings. The maximum atomic E-state index is 13.8. The highest BCUT2D eigenvalue weighted by Crippen LogP contribution is 2.38. The van der Waals surface area contributed by atoms with Crippen molar-refractivity contribution in [3.63, 3.8) is 0 Å². The number of pyridine rings is 1. The van der Waals surface area contributed by atoms with Crippen LogP contribution in [0.4, 0.5) is 11.4 Å². The second-order valence-corrected chi connectivity index (χ2v) is 9.04. The fourth-order valence-electron chi connectivity index (χ4n) is 3.97. The molecular formula is C26H25N3OS. The van der Waals surface area contributed by atoms with E-state index in [9.17, 15) is 10.1 Å². The Labute approximate surface area is 187 Å². The summed E-state index contributed by atoms with van der Waals surface area (Å²) < 4.78 is 0. The molecule has 1 atom stereocenters. The van der Waals surface area contributed by atoms with Gasteiger partial charge in [-0.15, -0.1) is 0 Å². The highest BCUT2D eigenvalue weighted by Gasteiger charge is 2.30. The van der Waals surface area contributed by atoms with Crippen molar-refractivity contribution in [1.29, 1.82) is 5.26 Å². The van der Waals surface area contributed by atoms with Gasteiger partial charge in [0, 0.05) is 5.69 Å². The molecule has 1 amide bonds. The summed E-state index contributed by atoms with van der Waals surface area (Å²) in [6.07, 6.45) is 3.64. The first-order valence-electron chi connectivity index (χ1n) is 10.7. The van der Waals surface area contributed by atoms with E-state index in [1.54, 1.807) is 0 Å². The molecule has 1 unspecified atom stereocenters. The van der Waals surface area contributed by atoms with Gasteiger partial charge in [-0.2, -0.15) is 5.26 Å². The van der Waals surface area contributed by atoms with E-state index < -0.39 is 5.25 Å². The van der Waals surface area contributed by atoms with E-state index in [1.165, 1.54) is 22.9 Å². The Morgan fingerprint density at radius 3 is 2.26 bits per heavy atom. The Morgan fingerprint density at radius 2 is 1.68 bits per heavy atom. The van der Waals surface area contributed by atoms with Gasteiger partial charge in [0.05, 0.1) is 22.2 Å². The summed E-state index contributed by atoms with van der Waals surface area (Å²) in [6, 6.07) is 22.2. The summed E-state index contributed by atoms with van der Waals surface area (Å²) in [4.78, 5) is 20.3. The van der Waals surface area contributed by atoms with Crippen LogP contribution in [-0.2, 0) is 24.1 Å². The Bertz CT molecular complexity index is 1100. The first kappa shape index (κ1) is 21.1. The Morgan fingerprint density at radius 1 is 1.06 bits per heavy atom. The van der Waals surface area contributed by atoms with E-state index in [4.69, 9.17) is 0 Å². The van der Waals surface area contributed by atoms with E-state index in [1.807, 2.05) is 60.4 Å². The van der Waals surface area contributed by atoms with Crippen LogP contribution in [0.25, 0.3) is 0 Å². The molecule has 0 saturated carbocycles. The zero-order chi connectivity index (χ0) is 21.8. The first-order valence-corrected chi connectivity index (χ1v) is 11.6. The van der Waals surface area contributed by atoms with E-state index in [2.05, 4.69) is 30.1 Å². The molecule has 2 heterocycles. The van der Waals surface area contributed by atoms with Crippen molar-refractivity contribution in [2.45, 2.75) is 49.8 Å². The molecule has 31 heavy (non-hydrogen) atoms. The molecule has 4 nitrogen and oxygen atoms in total. The van der Waals surface area contributed by atoms with Crippen molar-refractivity contribution in [3.05, 3.63) is 83.0 Å². The number of para-hydroxylation sites is 2. The summed E-state index contributed by atoms with van der Waals surface area (Å²) in [5, 5.41) is 9.78. The number of anilines is 2. The van der Waals surface area contributed by atoms with Crippen LogP contribution in [0.5, 0.6) is 0 Å². The minimum atomic E-state index is -0.393. The first-order chi connectivity index (χ1) is 15.1. The predicted molar refractivity (Wildman–Crippen MR) is 126 cm³/mol. The molecule has 0 spiro atoms. The normalized spacial score (nSPS) is 13.5. The molecule has 3 aromatic rings. The van der Waals surface area contributed by atoms with Crippen molar-refractivity contribution >= 4 is 29.0 Å². The van der Waals surface area contributed by atoms with Gasteiger partial charge in [0.25, 0.3) is 0 Å². The lowest BCUT2D eigenvalue weighted by molar-refractivity contribution is -0.117. The highest BCUT2D eigenvalue weighted by molar-refractivity contribution is 8.00. The van der Waals surface area contributed by atoms with Gasteiger partial charge in [-0.25, -0.2) is 4.98 Å². The van der Waals surface area contributed by atoms with Crippen LogP contribution < -0.4 is 4.90 Å². The number of fused-ring (bicyclic) bond motifs is 2. The second kappa shape index (κ2) is 9.36. The minimum absolute atomic E-state index is 0.00150. The van der Waals surface area contributed by atoms with Gasteiger partial charge in [-0.3, -0.25) is 9.69 Å². The zero-order valence-electron chi connectivity index (χ0n) is 17.8. The molecular weight excluding hydrogens is 402 g/mol. The summed E-state index contributed by atoms with van der Waals surface area (Å²) in [6.45, 7) is 4.01. The van der Waals surface area contributed by atoms with Crippen molar-refractivity contribution in [3.8, 4) is 6.07 Å². The molecule has 1 aliphatic heterocycles. The van der Waals surface area contributed by atoms with E-state index >= 15 is 0 Å². The molecule has 0 aliphatic carbocycles. The van der Waals surface area contributed by atoms with Crippen molar-refractivity contribution < 1.29 is 4.79 Å². The fraction of sp³-hybridized carbons (Fsp3) is 0.269. The van der Waals surface area contributed by atoms with Crippen LogP contribution in [0.1, 0.15) is 42.7 Å². The lowest BCUT2D eigenvalue weighted by Crippen LogP contribution is -2.33. The van der Waals surface area contributed by atoms with Crippen LogP contribution in [0.15, 0.2) is 65.7 Å². The number of hydrogen-bond acceptors (Lipinski definition) is 4. The zero-order valence-corrected chi connectivity index (χ0v) is 18.7. The number of carbonyl (C=O) groups is 1. The maximum absolute atomic E-state index is 13.8. The molecule has 5 heteroatoms. The van der Waals surface area contributed by atoms with Gasteiger partial charge in [0.2, 0.25) is 5.91 Å². The lowest BCUT2D eigenvalue weighted by Gasteiger charge is -2.27. The smallest absolute Gasteiger partial charge is 0.244 e. The number of benzene rings is 2. The number of carbonyl (C=O) groups excluding carboxylic acids is 1. The van der Waals surface area contributed by atoms with Crippen molar-refractivity contribution in [1.82, 2.24) is 4.98 Å². The number of aryl methyl sites for hydroxylation is 3. The SMILES string of the molecule is CCCc1ccc(C#N)c(SC(C)C(=O)N2c3ccccc3CCc3ccccc32)n1. The number of nitriles is 1. The molecule has 0 N–H and O–H groups in total. The van der Waals surface area contributed by atoms with Gasteiger partial charge in [0.15, 0.2) is 0 Å². The lowest BCUT2D eigenvalue weighted by atomic mass is 10.0. The monoisotopic (exact) mass is 427 g/mol. The number of rotatable bonds is 5.